The molecule has 0 saturated carbocycles. The fraction of sp³-hybridized carbons (Fsp3) is 0.368. The SMILES string of the molecule is CNc1nc(C(=O)N2CCc3nc(CCc4ccccc4)nn3CC2)cs1. The summed E-state index contributed by atoms with van der Waals surface area (Å²) in [5.41, 5.74) is 1.80. The molecule has 1 amide bonds. The monoisotopic (exact) mass is 382 g/mol. The number of carbonyl (C=O) groups excluding carboxylic acids is 1. The summed E-state index contributed by atoms with van der Waals surface area (Å²) in [6.45, 7) is 1.93. The first-order chi connectivity index (χ1) is 13.2. The minimum Gasteiger partial charge on any atom is -0.365 e. The fourth-order valence-electron chi connectivity index (χ4n) is 3.21. The van der Waals surface area contributed by atoms with Crippen molar-refractivity contribution in [1.29, 1.82) is 0 Å². The van der Waals surface area contributed by atoms with Crippen LogP contribution in [0.25, 0.3) is 0 Å². The average molecular weight is 382 g/mol. The maximum absolute atomic E-state index is 12.7. The van der Waals surface area contributed by atoms with Crippen LogP contribution in [0.3, 0.4) is 0 Å². The third-order valence-corrected chi connectivity index (χ3v) is 5.54. The van der Waals surface area contributed by atoms with Gasteiger partial charge in [0, 0.05) is 38.4 Å². The Labute approximate surface area is 162 Å². The first kappa shape index (κ1) is 17.7. The number of nitrogens with one attached hydrogen (secondary N) is 1. The molecule has 1 N–H and O–H groups in total. The van der Waals surface area contributed by atoms with Gasteiger partial charge in [-0.2, -0.15) is 5.10 Å². The fourth-order valence-corrected chi connectivity index (χ4v) is 3.86. The molecule has 0 aliphatic carbocycles. The van der Waals surface area contributed by atoms with Crippen molar-refractivity contribution in [2.24, 2.45) is 0 Å². The van der Waals surface area contributed by atoms with Crippen LogP contribution in [-0.2, 0) is 25.8 Å². The van der Waals surface area contributed by atoms with Gasteiger partial charge in [-0.1, -0.05) is 30.3 Å². The van der Waals surface area contributed by atoms with Crippen molar-refractivity contribution >= 4 is 22.4 Å². The van der Waals surface area contributed by atoms with E-state index in [1.807, 2.05) is 15.6 Å². The number of nitrogens with zero attached hydrogens (tertiary/aromatic N) is 5. The summed E-state index contributed by atoms with van der Waals surface area (Å²) in [5, 5.41) is 10.2. The Morgan fingerprint density at radius 1 is 1.15 bits per heavy atom. The molecular weight excluding hydrogens is 360 g/mol. The maximum atomic E-state index is 12.7. The molecule has 27 heavy (non-hydrogen) atoms. The van der Waals surface area contributed by atoms with Gasteiger partial charge in [-0.25, -0.2) is 14.6 Å². The molecule has 0 radical (unpaired) electrons. The Morgan fingerprint density at radius 3 is 2.78 bits per heavy atom. The summed E-state index contributed by atoms with van der Waals surface area (Å²) in [6.07, 6.45) is 2.48. The van der Waals surface area contributed by atoms with Crippen molar-refractivity contribution in [2.45, 2.75) is 25.8 Å². The first-order valence-corrected chi connectivity index (χ1v) is 10.00. The Bertz CT molecular complexity index is 894. The van der Waals surface area contributed by atoms with E-state index in [9.17, 15) is 4.79 Å². The maximum Gasteiger partial charge on any atom is 0.273 e. The number of thiazole rings is 1. The lowest BCUT2D eigenvalue weighted by Gasteiger charge is -2.18. The molecule has 0 bridgehead atoms. The van der Waals surface area contributed by atoms with Gasteiger partial charge in [0.05, 0.1) is 6.54 Å². The highest BCUT2D eigenvalue weighted by Crippen LogP contribution is 2.17. The second-order valence-electron chi connectivity index (χ2n) is 6.48. The highest BCUT2D eigenvalue weighted by molar-refractivity contribution is 7.13. The largest absolute Gasteiger partial charge is 0.365 e. The molecule has 3 heterocycles. The van der Waals surface area contributed by atoms with Crippen LogP contribution in [0.2, 0.25) is 0 Å². The molecule has 0 spiro atoms. The summed E-state index contributed by atoms with van der Waals surface area (Å²) < 4.78 is 1.95. The first-order valence-electron chi connectivity index (χ1n) is 9.12. The quantitative estimate of drug-likeness (QED) is 0.733. The van der Waals surface area contributed by atoms with E-state index < -0.39 is 0 Å². The molecule has 0 saturated heterocycles. The van der Waals surface area contributed by atoms with E-state index in [1.165, 1.54) is 16.9 Å². The average Bonchev–Trinajstić information content (AvgIpc) is 3.29. The number of carbonyl (C=O) groups is 1. The Balaban J connectivity index is 1.38. The van der Waals surface area contributed by atoms with E-state index in [-0.39, 0.29) is 5.91 Å². The van der Waals surface area contributed by atoms with Gasteiger partial charge in [0.15, 0.2) is 11.0 Å². The number of amides is 1. The highest BCUT2D eigenvalue weighted by Gasteiger charge is 2.23. The van der Waals surface area contributed by atoms with Crippen molar-refractivity contribution < 1.29 is 4.79 Å². The van der Waals surface area contributed by atoms with Crippen LogP contribution >= 0.6 is 11.3 Å². The van der Waals surface area contributed by atoms with Crippen molar-refractivity contribution in [2.75, 3.05) is 25.5 Å². The molecular formula is C19H22N6OS. The van der Waals surface area contributed by atoms with Gasteiger partial charge in [-0.3, -0.25) is 4.79 Å². The van der Waals surface area contributed by atoms with E-state index >= 15 is 0 Å². The van der Waals surface area contributed by atoms with Crippen LogP contribution < -0.4 is 5.32 Å². The molecule has 1 aliphatic rings. The van der Waals surface area contributed by atoms with Gasteiger partial charge in [0.2, 0.25) is 0 Å². The predicted octanol–water partition coefficient (Wildman–Crippen LogP) is 2.26. The third-order valence-electron chi connectivity index (χ3n) is 4.68. The van der Waals surface area contributed by atoms with E-state index in [0.717, 1.165) is 29.6 Å². The molecule has 0 atom stereocenters. The molecule has 3 aromatic rings. The van der Waals surface area contributed by atoms with E-state index in [0.29, 0.717) is 31.7 Å². The van der Waals surface area contributed by atoms with Crippen molar-refractivity contribution in [3.05, 3.63) is 58.6 Å². The van der Waals surface area contributed by atoms with E-state index in [2.05, 4.69) is 39.7 Å². The van der Waals surface area contributed by atoms with E-state index in [4.69, 9.17) is 4.98 Å². The van der Waals surface area contributed by atoms with E-state index in [1.54, 1.807) is 12.4 Å². The second kappa shape index (κ2) is 7.87. The number of benzene rings is 1. The van der Waals surface area contributed by atoms with Crippen LogP contribution in [-0.4, -0.2) is 50.7 Å². The molecule has 7 nitrogen and oxygen atoms in total. The number of anilines is 1. The third kappa shape index (κ3) is 4.00. The lowest BCUT2D eigenvalue weighted by atomic mass is 10.1. The normalized spacial score (nSPS) is 13.9. The lowest BCUT2D eigenvalue weighted by molar-refractivity contribution is 0.0753. The molecule has 2 aromatic heterocycles. The van der Waals surface area contributed by atoms with Crippen LogP contribution in [0, 0.1) is 0 Å². The molecule has 8 heteroatoms. The Morgan fingerprint density at radius 2 is 2.00 bits per heavy atom. The zero-order chi connectivity index (χ0) is 18.6. The van der Waals surface area contributed by atoms with Crippen molar-refractivity contribution in [3.63, 3.8) is 0 Å². The summed E-state index contributed by atoms with van der Waals surface area (Å²) in [7, 11) is 1.80. The smallest absolute Gasteiger partial charge is 0.273 e. The summed E-state index contributed by atoms with van der Waals surface area (Å²) in [6, 6.07) is 10.4. The van der Waals surface area contributed by atoms with Gasteiger partial charge < -0.3 is 10.2 Å². The van der Waals surface area contributed by atoms with Gasteiger partial charge in [0.25, 0.3) is 5.91 Å². The zero-order valence-electron chi connectivity index (χ0n) is 15.3. The molecule has 1 aromatic carbocycles. The topological polar surface area (TPSA) is 75.9 Å². The zero-order valence-corrected chi connectivity index (χ0v) is 16.1. The van der Waals surface area contributed by atoms with Gasteiger partial charge in [0.1, 0.15) is 11.5 Å². The number of aryl methyl sites for hydroxylation is 2. The number of hydrogen-bond donors (Lipinski definition) is 1. The predicted molar refractivity (Wildman–Crippen MR) is 105 cm³/mol. The molecule has 1 aliphatic heterocycles. The number of fused-ring (bicyclic) bond motifs is 1. The molecule has 140 valence electrons. The number of rotatable bonds is 5. The lowest BCUT2D eigenvalue weighted by Crippen LogP contribution is -2.34. The van der Waals surface area contributed by atoms with Gasteiger partial charge in [-0.05, 0) is 12.0 Å². The van der Waals surface area contributed by atoms with Gasteiger partial charge in [-0.15, -0.1) is 11.3 Å². The minimum absolute atomic E-state index is 0.0252. The Hall–Kier alpha value is -2.74. The second-order valence-corrected chi connectivity index (χ2v) is 7.34. The number of aromatic nitrogens is 4. The van der Waals surface area contributed by atoms with Crippen molar-refractivity contribution in [3.8, 4) is 0 Å². The standard InChI is InChI=1S/C19H22N6OS/c1-20-19-21-15(13-27-19)18(26)24-10-9-17-22-16(23-25(17)12-11-24)8-7-14-5-3-2-4-6-14/h2-6,13H,7-12H2,1H3,(H,20,21). The molecule has 0 fully saturated rings. The highest BCUT2D eigenvalue weighted by atomic mass is 32.1. The van der Waals surface area contributed by atoms with Crippen LogP contribution in [0.5, 0.6) is 0 Å². The summed E-state index contributed by atoms with van der Waals surface area (Å²) in [5.74, 6) is 1.82. The Kier molecular flexibility index (Phi) is 5.15. The van der Waals surface area contributed by atoms with Crippen LogP contribution in [0.4, 0.5) is 5.13 Å². The molecule has 4 rings (SSSR count). The van der Waals surface area contributed by atoms with Crippen LogP contribution in [0.15, 0.2) is 35.7 Å². The number of hydrogen-bond acceptors (Lipinski definition) is 6. The van der Waals surface area contributed by atoms with Gasteiger partial charge >= 0.3 is 0 Å². The molecule has 0 unspecified atom stereocenters. The van der Waals surface area contributed by atoms with Crippen LogP contribution in [0.1, 0.15) is 27.7 Å². The van der Waals surface area contributed by atoms with Crippen molar-refractivity contribution in [1.82, 2.24) is 24.6 Å². The summed E-state index contributed by atoms with van der Waals surface area (Å²) in [4.78, 5) is 23.5. The summed E-state index contributed by atoms with van der Waals surface area (Å²) >= 11 is 1.44. The minimum atomic E-state index is -0.0252.